The van der Waals surface area contributed by atoms with Crippen LogP contribution in [0.25, 0.3) is 0 Å². The molecule has 1 saturated heterocycles. The largest absolute Gasteiger partial charge is 0.457 e. The zero-order chi connectivity index (χ0) is 40.2. The van der Waals surface area contributed by atoms with Gasteiger partial charge in [-0.3, -0.25) is 9.59 Å². The molecule has 11 heteroatoms. The van der Waals surface area contributed by atoms with Gasteiger partial charge in [-0.05, 0) is 87.9 Å². The van der Waals surface area contributed by atoms with Gasteiger partial charge in [0.1, 0.15) is 17.8 Å². The number of carbonyl (C=O) groups excluding carboxylic acids is 2. The summed E-state index contributed by atoms with van der Waals surface area (Å²) in [5, 5.41) is 21.8. The van der Waals surface area contributed by atoms with Crippen molar-refractivity contribution in [2.24, 2.45) is 11.8 Å². The predicted octanol–water partition coefficient (Wildman–Crippen LogP) is 9.20. The summed E-state index contributed by atoms with van der Waals surface area (Å²) < 4.78 is 32.1. The van der Waals surface area contributed by atoms with E-state index in [1.54, 1.807) is 13.0 Å². The fourth-order valence-electron chi connectivity index (χ4n) is 8.01. The molecule has 0 saturated carbocycles. The summed E-state index contributed by atoms with van der Waals surface area (Å²) in [6, 6.07) is 6.49. The van der Waals surface area contributed by atoms with Crippen LogP contribution in [0.5, 0.6) is 0 Å². The Morgan fingerprint density at radius 1 is 1.04 bits per heavy atom. The number of esters is 2. The SMILES string of the molecule is CC[C@H](O[Si](CC)(CC)CC)[C@@H](C)[C@@H]1O[C@@H]1C[C@](C)(/C=C/C=C(\C)[C@H]1OC(=O)C[C@H](O)CC[C@@](C)(O)[C@@H](OC(C)=O)/C=C\[C@@H]1C)O[Si](CC)(CC)CC. The van der Waals surface area contributed by atoms with Crippen molar-refractivity contribution in [3.8, 4) is 0 Å². The first-order chi connectivity index (χ1) is 24.8. The number of ether oxygens (including phenoxy) is 3. The lowest BCUT2D eigenvalue weighted by molar-refractivity contribution is -0.157. The van der Waals surface area contributed by atoms with Gasteiger partial charge in [0.05, 0.1) is 30.3 Å². The second-order valence-corrected chi connectivity index (χ2v) is 25.8. The standard InChI is InChI=1S/C42H76O9Si2/c1-14-35(50-52(15-2,16-3)17-4)32(10)40-36(48-40)29-41(12,51-53(18-5,19-6)20-7)26-21-22-30(8)39-31(9)23-24-37(47-33(11)43)42(13,46)27-25-34(44)28-38(45)49-39/h21-24,26,31-32,34-37,39-40,44,46H,14-20,25,27-29H2,1-13H3/b24-23-,26-21+,30-22+/t31-,32+,34+,35-,36+,37-,39+,40-,41-,42+/m0/s1. The molecule has 0 aliphatic carbocycles. The summed E-state index contributed by atoms with van der Waals surface area (Å²) in [5.74, 6) is -1.05. The van der Waals surface area contributed by atoms with Crippen molar-refractivity contribution >= 4 is 28.6 Å². The molecule has 0 aromatic carbocycles. The molecule has 2 heterocycles. The van der Waals surface area contributed by atoms with Gasteiger partial charge in [-0.15, -0.1) is 0 Å². The predicted molar refractivity (Wildman–Crippen MR) is 219 cm³/mol. The van der Waals surface area contributed by atoms with Crippen molar-refractivity contribution in [1.82, 2.24) is 0 Å². The van der Waals surface area contributed by atoms with E-state index >= 15 is 0 Å². The van der Waals surface area contributed by atoms with Crippen LogP contribution in [0.4, 0.5) is 0 Å². The number of hydrogen-bond donors (Lipinski definition) is 2. The van der Waals surface area contributed by atoms with E-state index < -0.39 is 58.1 Å². The maximum atomic E-state index is 13.0. The Kier molecular flexibility index (Phi) is 18.9. The minimum atomic E-state index is -2.02. The molecular formula is C42H76O9Si2. The lowest BCUT2D eigenvalue weighted by Gasteiger charge is -2.39. The van der Waals surface area contributed by atoms with Crippen LogP contribution in [-0.2, 0) is 32.7 Å². The second kappa shape index (κ2) is 21.1. The number of allylic oxidation sites excluding steroid dienone is 2. The molecule has 0 unspecified atom stereocenters. The molecule has 2 aliphatic heterocycles. The highest BCUT2D eigenvalue weighted by Crippen LogP contribution is 2.42. The third-order valence-electron chi connectivity index (χ3n) is 12.3. The monoisotopic (exact) mass is 781 g/mol. The molecular weight excluding hydrogens is 705 g/mol. The number of hydrogen-bond acceptors (Lipinski definition) is 9. The van der Waals surface area contributed by atoms with E-state index in [9.17, 15) is 19.8 Å². The number of rotatable bonds is 19. The highest BCUT2D eigenvalue weighted by molar-refractivity contribution is 6.74. The van der Waals surface area contributed by atoms with Crippen molar-refractivity contribution in [3.63, 3.8) is 0 Å². The molecule has 0 aromatic rings. The first-order valence-corrected chi connectivity index (χ1v) is 25.7. The minimum Gasteiger partial charge on any atom is -0.457 e. The quantitative estimate of drug-likeness (QED) is 0.0434. The fourth-order valence-corrected chi connectivity index (χ4v) is 14.1. The summed E-state index contributed by atoms with van der Waals surface area (Å²) >= 11 is 0. The summed E-state index contributed by atoms with van der Waals surface area (Å²) in [7, 11) is -3.78. The molecule has 0 radical (unpaired) electrons. The van der Waals surface area contributed by atoms with Crippen LogP contribution >= 0.6 is 0 Å². The first-order valence-electron chi connectivity index (χ1n) is 20.7. The van der Waals surface area contributed by atoms with Gasteiger partial charge in [-0.25, -0.2) is 0 Å². The van der Waals surface area contributed by atoms with Gasteiger partial charge in [0.2, 0.25) is 0 Å². The molecule has 0 amide bonds. The van der Waals surface area contributed by atoms with Gasteiger partial charge in [-0.1, -0.05) is 86.6 Å². The Balaban J connectivity index is 2.42. The van der Waals surface area contributed by atoms with Crippen molar-refractivity contribution in [2.75, 3.05) is 0 Å². The molecule has 2 rings (SSSR count). The van der Waals surface area contributed by atoms with Crippen LogP contribution in [0.3, 0.4) is 0 Å². The zero-order valence-electron chi connectivity index (χ0n) is 35.5. The highest BCUT2D eigenvalue weighted by atomic mass is 28.4. The lowest BCUT2D eigenvalue weighted by Crippen LogP contribution is -2.46. The maximum absolute atomic E-state index is 13.0. The average molecular weight is 781 g/mol. The molecule has 9 nitrogen and oxygen atoms in total. The highest BCUT2D eigenvalue weighted by Gasteiger charge is 2.50. The second-order valence-electron chi connectivity index (χ2n) is 16.4. The van der Waals surface area contributed by atoms with Crippen molar-refractivity contribution in [3.05, 3.63) is 36.0 Å². The molecule has 0 aromatic heterocycles. The van der Waals surface area contributed by atoms with Gasteiger partial charge in [0.25, 0.3) is 0 Å². The Hall–Kier alpha value is -1.61. The molecule has 0 spiro atoms. The summed E-state index contributed by atoms with van der Waals surface area (Å²) in [5.41, 5.74) is -1.18. The molecule has 2 N–H and O–H groups in total. The van der Waals surface area contributed by atoms with E-state index in [2.05, 4.69) is 68.4 Å². The number of epoxide rings is 1. The van der Waals surface area contributed by atoms with E-state index in [0.717, 1.165) is 54.7 Å². The third kappa shape index (κ3) is 13.8. The fraction of sp³-hybridized carbons (Fsp3) is 0.810. The average Bonchev–Trinajstić information content (AvgIpc) is 3.88. The van der Waals surface area contributed by atoms with Crippen LogP contribution in [0.15, 0.2) is 36.0 Å². The van der Waals surface area contributed by atoms with Gasteiger partial charge in [0, 0.05) is 31.3 Å². The summed E-state index contributed by atoms with van der Waals surface area (Å²) in [6.45, 7) is 27.0. The molecule has 306 valence electrons. The Morgan fingerprint density at radius 2 is 1.62 bits per heavy atom. The van der Waals surface area contributed by atoms with Crippen LogP contribution in [0.1, 0.15) is 122 Å². The Morgan fingerprint density at radius 3 is 2.15 bits per heavy atom. The van der Waals surface area contributed by atoms with E-state index in [1.807, 2.05) is 32.1 Å². The summed E-state index contributed by atoms with van der Waals surface area (Å²) in [6.07, 6.45) is 9.24. The van der Waals surface area contributed by atoms with Gasteiger partial charge in [-0.2, -0.15) is 0 Å². The topological polar surface area (TPSA) is 124 Å². The van der Waals surface area contributed by atoms with E-state index in [0.29, 0.717) is 0 Å². The van der Waals surface area contributed by atoms with Crippen LogP contribution in [0.2, 0.25) is 36.3 Å². The maximum Gasteiger partial charge on any atom is 0.309 e. The van der Waals surface area contributed by atoms with Crippen molar-refractivity contribution in [2.45, 2.75) is 206 Å². The number of aliphatic hydroxyl groups is 2. The van der Waals surface area contributed by atoms with E-state index in [1.165, 1.54) is 6.92 Å². The molecule has 0 bridgehead atoms. The van der Waals surface area contributed by atoms with E-state index in [4.69, 9.17) is 23.1 Å². The number of carbonyl (C=O) groups is 2. The molecule has 2 aliphatic rings. The van der Waals surface area contributed by atoms with Crippen LogP contribution in [-0.4, -0.2) is 86.6 Å². The van der Waals surface area contributed by atoms with Crippen LogP contribution in [0, 0.1) is 11.8 Å². The summed E-state index contributed by atoms with van der Waals surface area (Å²) in [4.78, 5) is 24.9. The first kappa shape index (κ1) is 47.5. The normalized spacial score (nSPS) is 30.8. The van der Waals surface area contributed by atoms with Crippen molar-refractivity contribution < 1.29 is 42.9 Å². The molecule has 53 heavy (non-hydrogen) atoms. The smallest absolute Gasteiger partial charge is 0.309 e. The number of aliphatic hydroxyl groups excluding tert-OH is 1. The van der Waals surface area contributed by atoms with Gasteiger partial charge >= 0.3 is 11.9 Å². The molecule has 1 fully saturated rings. The minimum absolute atomic E-state index is 0.0758. The van der Waals surface area contributed by atoms with Gasteiger partial charge < -0.3 is 33.3 Å². The van der Waals surface area contributed by atoms with Crippen LogP contribution < -0.4 is 0 Å². The zero-order valence-corrected chi connectivity index (χ0v) is 37.5. The van der Waals surface area contributed by atoms with Gasteiger partial charge in [0.15, 0.2) is 16.6 Å². The lowest BCUT2D eigenvalue weighted by atomic mass is 9.88. The molecule has 10 atom stereocenters. The Labute approximate surface area is 324 Å². The van der Waals surface area contributed by atoms with Crippen molar-refractivity contribution in [1.29, 1.82) is 0 Å². The number of cyclic esters (lactones) is 1. The Bertz CT molecular complexity index is 1220. The third-order valence-corrected chi connectivity index (χ3v) is 21.8. The van der Waals surface area contributed by atoms with E-state index in [-0.39, 0.29) is 49.4 Å².